The van der Waals surface area contributed by atoms with Gasteiger partial charge in [0.1, 0.15) is 0 Å². The van der Waals surface area contributed by atoms with E-state index in [1.807, 2.05) is 0 Å². The van der Waals surface area contributed by atoms with Crippen molar-refractivity contribution in [1.82, 2.24) is 5.32 Å². The molecule has 0 spiro atoms. The van der Waals surface area contributed by atoms with Gasteiger partial charge in [-0.1, -0.05) is 32.1 Å². The van der Waals surface area contributed by atoms with Gasteiger partial charge >= 0.3 is 5.97 Å². The minimum absolute atomic E-state index is 0.0121. The minimum Gasteiger partial charge on any atom is -0.481 e. The molecule has 0 aromatic carbocycles. The largest absolute Gasteiger partial charge is 0.481 e. The summed E-state index contributed by atoms with van der Waals surface area (Å²) in [7, 11) is 0. The smallest absolute Gasteiger partial charge is 0.307 e. The van der Waals surface area contributed by atoms with Gasteiger partial charge in [-0.05, 0) is 31.1 Å². The van der Waals surface area contributed by atoms with Crippen LogP contribution in [-0.4, -0.2) is 23.0 Å². The Labute approximate surface area is 113 Å². The molecule has 0 aliphatic heterocycles. The molecule has 0 aromatic heterocycles. The second-order valence-corrected chi connectivity index (χ2v) is 6.54. The Morgan fingerprint density at radius 1 is 0.947 bits per heavy atom. The van der Waals surface area contributed by atoms with Gasteiger partial charge in [0.2, 0.25) is 5.91 Å². The number of aliphatic carboxylic acids is 1. The molecule has 0 bridgehead atoms. The molecule has 4 nitrogen and oxygen atoms in total. The standard InChI is InChI=1S/C15H23NO3/c17-14(10-6-7-11(10)15(18)19)16-13-8-12(13)9-4-2-1-3-5-9/h9-13H,1-8H2,(H,16,17)(H,18,19). The van der Waals surface area contributed by atoms with Gasteiger partial charge < -0.3 is 10.4 Å². The van der Waals surface area contributed by atoms with Crippen LogP contribution in [0.3, 0.4) is 0 Å². The number of rotatable bonds is 4. The summed E-state index contributed by atoms with van der Waals surface area (Å²) in [6.07, 6.45) is 9.19. The van der Waals surface area contributed by atoms with Crippen molar-refractivity contribution >= 4 is 11.9 Å². The van der Waals surface area contributed by atoms with Crippen LogP contribution in [0.5, 0.6) is 0 Å². The van der Waals surface area contributed by atoms with Crippen molar-refractivity contribution in [3.8, 4) is 0 Å². The molecule has 3 fully saturated rings. The van der Waals surface area contributed by atoms with Crippen LogP contribution in [-0.2, 0) is 9.59 Å². The predicted octanol–water partition coefficient (Wildman–Crippen LogP) is 2.18. The highest BCUT2D eigenvalue weighted by Crippen LogP contribution is 2.45. The molecule has 4 atom stereocenters. The molecule has 19 heavy (non-hydrogen) atoms. The van der Waals surface area contributed by atoms with Crippen LogP contribution in [0.25, 0.3) is 0 Å². The predicted molar refractivity (Wildman–Crippen MR) is 70.5 cm³/mol. The van der Waals surface area contributed by atoms with E-state index < -0.39 is 11.9 Å². The zero-order chi connectivity index (χ0) is 13.4. The van der Waals surface area contributed by atoms with Gasteiger partial charge in [-0.2, -0.15) is 0 Å². The highest BCUT2D eigenvalue weighted by atomic mass is 16.4. The van der Waals surface area contributed by atoms with E-state index in [1.165, 1.54) is 32.1 Å². The van der Waals surface area contributed by atoms with Gasteiger partial charge in [0.15, 0.2) is 0 Å². The molecule has 3 aliphatic carbocycles. The third-order valence-corrected chi connectivity index (χ3v) is 5.35. The number of amides is 1. The molecule has 3 rings (SSSR count). The first-order chi connectivity index (χ1) is 9.16. The van der Waals surface area contributed by atoms with Crippen molar-refractivity contribution in [1.29, 1.82) is 0 Å². The van der Waals surface area contributed by atoms with Crippen LogP contribution in [0.4, 0.5) is 0 Å². The quantitative estimate of drug-likeness (QED) is 0.818. The molecule has 3 saturated carbocycles. The Hall–Kier alpha value is -1.06. The Bertz CT molecular complexity index is 376. The van der Waals surface area contributed by atoms with E-state index in [0.29, 0.717) is 18.4 Å². The van der Waals surface area contributed by atoms with Gasteiger partial charge in [-0.3, -0.25) is 9.59 Å². The maximum Gasteiger partial charge on any atom is 0.307 e. The zero-order valence-electron chi connectivity index (χ0n) is 11.3. The SMILES string of the molecule is O=C(O)C1CCC1C(=O)NC1CC1C1CCCCC1. The molecule has 106 valence electrons. The maximum absolute atomic E-state index is 12.0. The summed E-state index contributed by atoms with van der Waals surface area (Å²) in [5.74, 6) is -0.0618. The number of hydrogen-bond donors (Lipinski definition) is 2. The second-order valence-electron chi connectivity index (χ2n) is 6.54. The van der Waals surface area contributed by atoms with Gasteiger partial charge in [0, 0.05) is 6.04 Å². The van der Waals surface area contributed by atoms with Crippen molar-refractivity contribution in [2.75, 3.05) is 0 Å². The van der Waals surface area contributed by atoms with Crippen molar-refractivity contribution in [3.05, 3.63) is 0 Å². The van der Waals surface area contributed by atoms with Crippen molar-refractivity contribution < 1.29 is 14.7 Å². The van der Waals surface area contributed by atoms with E-state index in [9.17, 15) is 9.59 Å². The summed E-state index contributed by atoms with van der Waals surface area (Å²) >= 11 is 0. The fraction of sp³-hybridized carbons (Fsp3) is 0.867. The Morgan fingerprint density at radius 2 is 1.63 bits per heavy atom. The highest BCUT2D eigenvalue weighted by Gasteiger charge is 2.47. The minimum atomic E-state index is -0.814. The van der Waals surface area contributed by atoms with Crippen molar-refractivity contribution in [2.45, 2.75) is 57.4 Å². The number of carboxylic acid groups (broad SMARTS) is 1. The lowest BCUT2D eigenvalue weighted by Gasteiger charge is -2.32. The molecule has 3 aliphatic rings. The third kappa shape index (κ3) is 2.63. The van der Waals surface area contributed by atoms with E-state index in [2.05, 4.69) is 5.32 Å². The molecule has 4 heteroatoms. The van der Waals surface area contributed by atoms with Crippen LogP contribution < -0.4 is 5.32 Å². The lowest BCUT2D eigenvalue weighted by Crippen LogP contribution is -2.45. The number of nitrogens with one attached hydrogen (secondary N) is 1. The molecule has 0 saturated heterocycles. The Morgan fingerprint density at radius 3 is 2.21 bits per heavy atom. The highest BCUT2D eigenvalue weighted by molar-refractivity contribution is 5.86. The molecular weight excluding hydrogens is 242 g/mol. The first kappa shape index (κ1) is 12.9. The first-order valence-corrected chi connectivity index (χ1v) is 7.70. The third-order valence-electron chi connectivity index (χ3n) is 5.35. The van der Waals surface area contributed by atoms with E-state index in [-0.39, 0.29) is 11.8 Å². The Kier molecular flexibility index (Phi) is 3.50. The molecule has 2 N–H and O–H groups in total. The summed E-state index contributed by atoms with van der Waals surface area (Å²) in [6.45, 7) is 0. The fourth-order valence-corrected chi connectivity index (χ4v) is 3.86. The summed E-state index contributed by atoms with van der Waals surface area (Å²) in [5, 5.41) is 12.1. The monoisotopic (exact) mass is 265 g/mol. The van der Waals surface area contributed by atoms with Gasteiger partial charge in [-0.25, -0.2) is 0 Å². The summed E-state index contributed by atoms with van der Waals surface area (Å²) in [4.78, 5) is 23.0. The van der Waals surface area contributed by atoms with Crippen LogP contribution >= 0.6 is 0 Å². The second kappa shape index (κ2) is 5.14. The lowest BCUT2D eigenvalue weighted by molar-refractivity contribution is -0.152. The van der Waals surface area contributed by atoms with E-state index >= 15 is 0 Å². The van der Waals surface area contributed by atoms with E-state index in [0.717, 1.165) is 18.8 Å². The summed E-state index contributed by atoms with van der Waals surface area (Å²) < 4.78 is 0. The molecule has 4 unspecified atom stereocenters. The van der Waals surface area contributed by atoms with Crippen LogP contribution in [0.1, 0.15) is 51.4 Å². The molecule has 1 amide bonds. The molecular formula is C15H23NO3. The zero-order valence-corrected chi connectivity index (χ0v) is 11.3. The van der Waals surface area contributed by atoms with E-state index in [4.69, 9.17) is 5.11 Å². The fourth-order valence-electron chi connectivity index (χ4n) is 3.86. The number of carbonyl (C=O) groups excluding carboxylic acids is 1. The van der Waals surface area contributed by atoms with Gasteiger partial charge in [0.25, 0.3) is 0 Å². The number of hydrogen-bond acceptors (Lipinski definition) is 2. The van der Waals surface area contributed by atoms with Crippen LogP contribution in [0.15, 0.2) is 0 Å². The summed E-state index contributed by atoms with van der Waals surface area (Å²) in [6, 6.07) is 0.339. The topological polar surface area (TPSA) is 66.4 Å². The normalized spacial score (nSPS) is 38.3. The van der Waals surface area contributed by atoms with Gasteiger partial charge in [-0.15, -0.1) is 0 Å². The summed E-state index contributed by atoms with van der Waals surface area (Å²) in [5.41, 5.74) is 0. The first-order valence-electron chi connectivity index (χ1n) is 7.70. The van der Waals surface area contributed by atoms with Crippen molar-refractivity contribution in [2.24, 2.45) is 23.7 Å². The molecule has 0 heterocycles. The van der Waals surface area contributed by atoms with Crippen LogP contribution in [0.2, 0.25) is 0 Å². The Balaban J connectivity index is 1.45. The van der Waals surface area contributed by atoms with E-state index in [1.54, 1.807) is 0 Å². The lowest BCUT2D eigenvalue weighted by atomic mass is 9.73. The average molecular weight is 265 g/mol. The van der Waals surface area contributed by atoms with Crippen molar-refractivity contribution in [3.63, 3.8) is 0 Å². The molecule has 0 radical (unpaired) electrons. The number of carboxylic acids is 1. The number of carbonyl (C=O) groups is 2. The molecule has 0 aromatic rings. The van der Waals surface area contributed by atoms with Gasteiger partial charge in [0.05, 0.1) is 11.8 Å². The average Bonchev–Trinajstić information content (AvgIpc) is 3.07. The van der Waals surface area contributed by atoms with Crippen LogP contribution in [0, 0.1) is 23.7 Å². The maximum atomic E-state index is 12.0.